The molecular formula is C22H27BrN6O3S. The van der Waals surface area contributed by atoms with Crippen LogP contribution in [-0.4, -0.2) is 51.6 Å². The molecule has 0 saturated heterocycles. The van der Waals surface area contributed by atoms with Gasteiger partial charge < -0.3 is 20.1 Å². The zero-order chi connectivity index (χ0) is 23.6. The molecule has 176 valence electrons. The zero-order valence-corrected chi connectivity index (χ0v) is 21.2. The highest BCUT2D eigenvalue weighted by Gasteiger charge is 2.13. The van der Waals surface area contributed by atoms with Crippen LogP contribution >= 0.6 is 27.7 Å². The third kappa shape index (κ3) is 7.72. The molecule has 11 heteroatoms. The third-order valence-corrected chi connectivity index (χ3v) is 6.26. The lowest BCUT2D eigenvalue weighted by molar-refractivity contribution is -0.118. The van der Waals surface area contributed by atoms with E-state index in [2.05, 4.69) is 42.1 Å². The minimum Gasteiger partial charge on any atom is -0.490 e. The van der Waals surface area contributed by atoms with Crippen molar-refractivity contribution < 1.29 is 14.3 Å². The SMILES string of the molecule is CCOc1cc(CNCCSc2nnnn2C)c(Br)cc1OCC(=O)Nc1ccc(C)cc1. The van der Waals surface area contributed by atoms with Crippen LogP contribution in [0.15, 0.2) is 46.0 Å². The van der Waals surface area contributed by atoms with Gasteiger partial charge in [-0.25, -0.2) is 4.68 Å². The average Bonchev–Trinajstić information content (AvgIpc) is 3.20. The van der Waals surface area contributed by atoms with Crippen LogP contribution in [0.5, 0.6) is 11.5 Å². The zero-order valence-electron chi connectivity index (χ0n) is 18.8. The molecule has 1 amide bonds. The van der Waals surface area contributed by atoms with E-state index in [4.69, 9.17) is 9.47 Å². The van der Waals surface area contributed by atoms with Gasteiger partial charge in [0.1, 0.15) is 0 Å². The standard InChI is InChI=1S/C22H27BrN6O3S/c1-4-31-19-11-16(13-24-9-10-33-22-26-27-28-29(22)3)18(23)12-20(19)32-14-21(30)25-17-7-5-15(2)6-8-17/h5-8,11-12,24H,4,9-10,13-14H2,1-3H3,(H,25,30). The summed E-state index contributed by atoms with van der Waals surface area (Å²) in [6, 6.07) is 11.4. The van der Waals surface area contributed by atoms with Gasteiger partial charge >= 0.3 is 0 Å². The Kier molecular flexibility index (Phi) is 9.52. The number of thioether (sulfide) groups is 1. The largest absolute Gasteiger partial charge is 0.490 e. The Bertz CT molecular complexity index is 1060. The van der Waals surface area contributed by atoms with Gasteiger partial charge in [-0.2, -0.15) is 0 Å². The first-order valence-electron chi connectivity index (χ1n) is 10.5. The summed E-state index contributed by atoms with van der Waals surface area (Å²) in [6.07, 6.45) is 0. The molecule has 0 atom stereocenters. The maximum absolute atomic E-state index is 12.3. The van der Waals surface area contributed by atoms with E-state index in [1.165, 1.54) is 0 Å². The fourth-order valence-electron chi connectivity index (χ4n) is 2.85. The first kappa shape index (κ1) is 25.0. The summed E-state index contributed by atoms with van der Waals surface area (Å²) in [5.74, 6) is 1.71. The molecule has 1 heterocycles. The van der Waals surface area contributed by atoms with E-state index in [9.17, 15) is 4.79 Å². The second-order valence-corrected chi connectivity index (χ2v) is 9.05. The lowest BCUT2D eigenvalue weighted by Gasteiger charge is -2.15. The van der Waals surface area contributed by atoms with Gasteiger partial charge in [-0.1, -0.05) is 45.4 Å². The number of benzene rings is 2. The first-order valence-corrected chi connectivity index (χ1v) is 12.2. The van der Waals surface area contributed by atoms with Gasteiger partial charge in [0.25, 0.3) is 5.91 Å². The van der Waals surface area contributed by atoms with Gasteiger partial charge in [-0.15, -0.1) is 5.10 Å². The molecule has 0 spiro atoms. The quantitative estimate of drug-likeness (QED) is 0.268. The molecular weight excluding hydrogens is 508 g/mol. The minimum absolute atomic E-state index is 0.119. The molecule has 0 aliphatic rings. The fraction of sp³-hybridized carbons (Fsp3) is 0.364. The van der Waals surface area contributed by atoms with Crippen LogP contribution in [0.3, 0.4) is 0 Å². The Balaban J connectivity index is 1.52. The van der Waals surface area contributed by atoms with Gasteiger partial charge in [-0.3, -0.25) is 4.79 Å². The fourth-order valence-corrected chi connectivity index (χ4v) is 4.06. The Hall–Kier alpha value is -2.63. The predicted molar refractivity (Wildman–Crippen MR) is 132 cm³/mol. The van der Waals surface area contributed by atoms with E-state index in [0.717, 1.165) is 38.7 Å². The molecule has 2 aromatic carbocycles. The molecule has 0 unspecified atom stereocenters. The van der Waals surface area contributed by atoms with Gasteiger partial charge in [0, 0.05) is 36.1 Å². The second-order valence-electron chi connectivity index (χ2n) is 7.14. The molecule has 0 fully saturated rings. The number of aryl methyl sites for hydroxylation is 2. The molecule has 0 radical (unpaired) electrons. The van der Waals surface area contributed by atoms with E-state index in [1.54, 1.807) is 16.4 Å². The van der Waals surface area contributed by atoms with E-state index >= 15 is 0 Å². The number of tetrazole rings is 1. The number of aromatic nitrogens is 4. The smallest absolute Gasteiger partial charge is 0.262 e. The number of halogens is 1. The van der Waals surface area contributed by atoms with Crippen molar-refractivity contribution in [2.24, 2.45) is 7.05 Å². The highest BCUT2D eigenvalue weighted by molar-refractivity contribution is 9.10. The molecule has 33 heavy (non-hydrogen) atoms. The van der Waals surface area contributed by atoms with Crippen molar-refractivity contribution in [1.82, 2.24) is 25.5 Å². The number of amides is 1. The van der Waals surface area contributed by atoms with Crippen molar-refractivity contribution in [3.05, 3.63) is 52.0 Å². The maximum atomic E-state index is 12.3. The molecule has 2 N–H and O–H groups in total. The molecule has 0 bridgehead atoms. The minimum atomic E-state index is -0.237. The summed E-state index contributed by atoms with van der Waals surface area (Å²) in [5, 5.41) is 18.4. The van der Waals surface area contributed by atoms with E-state index in [0.29, 0.717) is 24.7 Å². The number of rotatable bonds is 12. The molecule has 0 aliphatic carbocycles. The van der Waals surface area contributed by atoms with Gasteiger partial charge in [0.05, 0.1) is 6.61 Å². The van der Waals surface area contributed by atoms with Crippen LogP contribution in [0, 0.1) is 6.92 Å². The highest BCUT2D eigenvalue weighted by atomic mass is 79.9. The Labute approximate surface area is 205 Å². The summed E-state index contributed by atoms with van der Waals surface area (Å²) >= 11 is 5.19. The monoisotopic (exact) mass is 534 g/mol. The maximum Gasteiger partial charge on any atom is 0.262 e. The molecule has 1 aromatic heterocycles. The summed E-state index contributed by atoms with van der Waals surface area (Å²) < 4.78 is 14.0. The van der Waals surface area contributed by atoms with E-state index in [1.807, 2.05) is 57.3 Å². The van der Waals surface area contributed by atoms with Crippen LogP contribution in [0.1, 0.15) is 18.1 Å². The molecule has 9 nitrogen and oxygen atoms in total. The lowest BCUT2D eigenvalue weighted by Crippen LogP contribution is -2.20. The van der Waals surface area contributed by atoms with Crippen molar-refractivity contribution in [3.8, 4) is 11.5 Å². The number of hydrogen-bond acceptors (Lipinski definition) is 8. The first-order chi connectivity index (χ1) is 16.0. The predicted octanol–water partition coefficient (Wildman–Crippen LogP) is 3.58. The van der Waals surface area contributed by atoms with Crippen LogP contribution in [-0.2, 0) is 18.4 Å². The molecule has 0 aliphatic heterocycles. The third-order valence-electron chi connectivity index (χ3n) is 4.51. The van der Waals surface area contributed by atoms with Crippen molar-refractivity contribution in [1.29, 1.82) is 0 Å². The van der Waals surface area contributed by atoms with Crippen LogP contribution < -0.4 is 20.1 Å². The van der Waals surface area contributed by atoms with Gasteiger partial charge in [0.15, 0.2) is 18.1 Å². The number of anilines is 1. The van der Waals surface area contributed by atoms with Gasteiger partial charge in [0.2, 0.25) is 5.16 Å². The number of carbonyl (C=O) groups is 1. The van der Waals surface area contributed by atoms with Crippen LogP contribution in [0.4, 0.5) is 5.69 Å². The average molecular weight is 535 g/mol. The van der Waals surface area contributed by atoms with E-state index < -0.39 is 0 Å². The Morgan fingerprint density at radius 1 is 1.18 bits per heavy atom. The number of nitrogens with one attached hydrogen (secondary N) is 2. The normalized spacial score (nSPS) is 10.8. The van der Waals surface area contributed by atoms with Crippen molar-refractivity contribution >= 4 is 39.3 Å². The van der Waals surface area contributed by atoms with Crippen LogP contribution in [0.25, 0.3) is 0 Å². The van der Waals surface area contributed by atoms with E-state index in [-0.39, 0.29) is 12.5 Å². The Morgan fingerprint density at radius 3 is 2.64 bits per heavy atom. The van der Waals surface area contributed by atoms with Crippen molar-refractivity contribution in [2.45, 2.75) is 25.5 Å². The molecule has 3 rings (SSSR count). The highest BCUT2D eigenvalue weighted by Crippen LogP contribution is 2.34. The lowest BCUT2D eigenvalue weighted by atomic mass is 10.2. The van der Waals surface area contributed by atoms with Crippen molar-refractivity contribution in [3.63, 3.8) is 0 Å². The number of hydrogen-bond donors (Lipinski definition) is 2. The Morgan fingerprint density at radius 2 is 1.94 bits per heavy atom. The second kappa shape index (κ2) is 12.6. The summed E-state index contributed by atoms with van der Waals surface area (Å²) in [5.41, 5.74) is 2.89. The summed E-state index contributed by atoms with van der Waals surface area (Å²) in [7, 11) is 1.82. The number of ether oxygens (including phenoxy) is 2. The number of nitrogens with zero attached hydrogens (tertiary/aromatic N) is 4. The summed E-state index contributed by atoms with van der Waals surface area (Å²) in [4.78, 5) is 12.3. The van der Waals surface area contributed by atoms with Crippen LogP contribution in [0.2, 0.25) is 0 Å². The molecule has 3 aromatic rings. The van der Waals surface area contributed by atoms with Gasteiger partial charge in [-0.05, 0) is 54.1 Å². The topological polar surface area (TPSA) is 103 Å². The van der Waals surface area contributed by atoms with Crippen molar-refractivity contribution in [2.75, 3.05) is 30.8 Å². The number of carbonyl (C=O) groups excluding carboxylic acids is 1. The molecule has 0 saturated carbocycles. The summed E-state index contributed by atoms with van der Waals surface area (Å²) in [6.45, 7) is 5.71.